The summed E-state index contributed by atoms with van der Waals surface area (Å²) in [7, 11) is -4.27. The van der Waals surface area contributed by atoms with Crippen LogP contribution in [0.3, 0.4) is 0 Å². The summed E-state index contributed by atoms with van der Waals surface area (Å²) in [4.78, 5) is 34.6. The molecule has 2 fully saturated rings. The maximum absolute atomic E-state index is 13.2. The molecule has 180 valence electrons. The number of rotatable bonds is 5. The van der Waals surface area contributed by atoms with Crippen molar-refractivity contribution in [3.8, 4) is 0 Å². The number of hydrogen-bond acceptors (Lipinski definition) is 8. The van der Waals surface area contributed by atoms with E-state index in [0.29, 0.717) is 31.0 Å². The van der Waals surface area contributed by atoms with Gasteiger partial charge in [-0.2, -0.15) is 4.31 Å². The van der Waals surface area contributed by atoms with Crippen LogP contribution in [0.5, 0.6) is 0 Å². The highest BCUT2D eigenvalue weighted by Crippen LogP contribution is 2.45. The molecule has 2 aliphatic heterocycles. The Kier molecular flexibility index (Phi) is 6.36. The van der Waals surface area contributed by atoms with Crippen molar-refractivity contribution in [1.29, 1.82) is 0 Å². The second-order valence-corrected chi connectivity index (χ2v) is 11.6. The SMILES string of the molecule is Cc1cccc(C(=O)N2CCSC23CCN(S(=O)(=O)c2ccc([N+](=O)[O-])cc2[N+](=O)[O-])CC3)c1. The van der Waals surface area contributed by atoms with Gasteiger partial charge in [-0.3, -0.25) is 25.0 Å². The van der Waals surface area contributed by atoms with Gasteiger partial charge >= 0.3 is 0 Å². The Morgan fingerprint density at radius 1 is 1.03 bits per heavy atom. The van der Waals surface area contributed by atoms with E-state index in [1.54, 1.807) is 17.8 Å². The molecule has 34 heavy (non-hydrogen) atoms. The van der Waals surface area contributed by atoms with Crippen LogP contribution < -0.4 is 0 Å². The minimum atomic E-state index is -4.27. The van der Waals surface area contributed by atoms with E-state index in [4.69, 9.17) is 0 Å². The first-order valence-electron chi connectivity index (χ1n) is 10.5. The van der Waals surface area contributed by atoms with Crippen LogP contribution in [-0.2, 0) is 10.0 Å². The monoisotopic (exact) mass is 506 g/mol. The lowest BCUT2D eigenvalue weighted by atomic mass is 10.0. The molecule has 0 bridgehead atoms. The van der Waals surface area contributed by atoms with Crippen LogP contribution in [-0.4, -0.2) is 63.6 Å². The van der Waals surface area contributed by atoms with E-state index in [-0.39, 0.29) is 19.0 Å². The third-order valence-corrected chi connectivity index (χ3v) is 9.66. The number of hydrogen-bond donors (Lipinski definition) is 0. The van der Waals surface area contributed by atoms with Crippen molar-refractivity contribution >= 4 is 39.1 Å². The highest BCUT2D eigenvalue weighted by atomic mass is 32.2. The van der Waals surface area contributed by atoms with Crippen molar-refractivity contribution in [2.24, 2.45) is 0 Å². The molecular formula is C21H22N4O7S2. The minimum Gasteiger partial charge on any atom is -0.323 e. The van der Waals surface area contributed by atoms with Crippen molar-refractivity contribution in [3.05, 3.63) is 73.8 Å². The molecule has 4 rings (SSSR count). The quantitative estimate of drug-likeness (QED) is 0.444. The molecule has 1 amide bonds. The Morgan fingerprint density at radius 3 is 2.35 bits per heavy atom. The van der Waals surface area contributed by atoms with E-state index in [0.717, 1.165) is 27.8 Å². The fourth-order valence-electron chi connectivity index (χ4n) is 4.44. The van der Waals surface area contributed by atoms with Crippen LogP contribution in [0.4, 0.5) is 11.4 Å². The molecule has 0 saturated carbocycles. The van der Waals surface area contributed by atoms with E-state index in [1.165, 1.54) is 0 Å². The van der Waals surface area contributed by atoms with Gasteiger partial charge in [-0.25, -0.2) is 8.42 Å². The van der Waals surface area contributed by atoms with Gasteiger partial charge in [0.05, 0.1) is 20.8 Å². The fourth-order valence-corrected chi connectivity index (χ4v) is 7.47. The zero-order valence-corrected chi connectivity index (χ0v) is 19.9. The number of benzene rings is 2. The van der Waals surface area contributed by atoms with Crippen LogP contribution >= 0.6 is 11.8 Å². The van der Waals surface area contributed by atoms with Gasteiger partial charge < -0.3 is 4.90 Å². The Labute approximate surface area is 200 Å². The second kappa shape index (κ2) is 8.96. The summed E-state index contributed by atoms with van der Waals surface area (Å²) in [6.45, 7) is 2.60. The normalized spacial score (nSPS) is 18.2. The van der Waals surface area contributed by atoms with Crippen LogP contribution in [0.25, 0.3) is 0 Å². The predicted octanol–water partition coefficient (Wildman–Crippen LogP) is 3.18. The lowest BCUT2D eigenvalue weighted by Crippen LogP contribution is -2.53. The summed E-state index contributed by atoms with van der Waals surface area (Å²) in [5.74, 6) is 0.633. The molecule has 11 nitrogen and oxygen atoms in total. The number of nitro benzene ring substituents is 2. The number of piperidine rings is 1. The van der Waals surface area contributed by atoms with E-state index >= 15 is 0 Å². The van der Waals surface area contributed by atoms with Gasteiger partial charge in [-0.1, -0.05) is 17.7 Å². The molecule has 2 heterocycles. The molecule has 2 aromatic carbocycles. The third-order valence-electron chi connectivity index (χ3n) is 6.16. The Bertz CT molecular complexity index is 1270. The fraction of sp³-hybridized carbons (Fsp3) is 0.381. The molecule has 0 radical (unpaired) electrons. The standard InChI is InChI=1S/C21H22N4O7S2/c1-15-3-2-4-16(13-15)20(26)23-11-12-33-21(23)7-9-22(10-8-21)34(31,32)19-6-5-17(24(27)28)14-18(19)25(29)30/h2-6,13-14H,7-12H2,1H3. The number of aryl methyl sites for hydroxylation is 1. The molecule has 0 N–H and O–H groups in total. The van der Waals surface area contributed by atoms with Gasteiger partial charge in [0.15, 0.2) is 4.90 Å². The molecular weight excluding hydrogens is 484 g/mol. The van der Waals surface area contributed by atoms with Crippen LogP contribution in [0.15, 0.2) is 47.4 Å². The average Bonchev–Trinajstić information content (AvgIpc) is 3.21. The first-order valence-corrected chi connectivity index (χ1v) is 12.9. The lowest BCUT2D eigenvalue weighted by molar-refractivity contribution is -0.396. The number of carbonyl (C=O) groups excluding carboxylic acids is 1. The number of non-ortho nitro benzene ring substituents is 1. The molecule has 2 aliphatic rings. The first kappa shape index (κ1) is 24.1. The number of thioether (sulfide) groups is 1. The predicted molar refractivity (Wildman–Crippen MR) is 125 cm³/mol. The van der Waals surface area contributed by atoms with Gasteiger partial charge in [0, 0.05) is 37.0 Å². The Balaban J connectivity index is 1.57. The van der Waals surface area contributed by atoms with Crippen LogP contribution in [0.1, 0.15) is 28.8 Å². The van der Waals surface area contributed by atoms with E-state index < -0.39 is 41.0 Å². The van der Waals surface area contributed by atoms with Crippen LogP contribution in [0, 0.1) is 27.2 Å². The van der Waals surface area contributed by atoms with Crippen molar-refractivity contribution < 1.29 is 23.1 Å². The number of sulfonamides is 1. The van der Waals surface area contributed by atoms with Crippen molar-refractivity contribution in [1.82, 2.24) is 9.21 Å². The molecule has 2 aromatic rings. The second-order valence-electron chi connectivity index (χ2n) is 8.19. The lowest BCUT2D eigenvalue weighted by Gasteiger charge is -2.43. The summed E-state index contributed by atoms with van der Waals surface area (Å²) in [6.07, 6.45) is 0.741. The highest BCUT2D eigenvalue weighted by Gasteiger charge is 2.48. The summed E-state index contributed by atoms with van der Waals surface area (Å²) in [5, 5.41) is 22.4. The van der Waals surface area contributed by atoms with Crippen molar-refractivity contribution in [2.75, 3.05) is 25.4 Å². The van der Waals surface area contributed by atoms with Gasteiger partial charge in [-0.05, 0) is 38.0 Å². The van der Waals surface area contributed by atoms with E-state index in [2.05, 4.69) is 0 Å². The summed E-state index contributed by atoms with van der Waals surface area (Å²) >= 11 is 1.62. The maximum atomic E-state index is 13.2. The van der Waals surface area contributed by atoms with E-state index in [1.807, 2.05) is 30.0 Å². The Hall–Kier alpha value is -3.03. The number of carbonyl (C=O) groups is 1. The number of nitrogens with zero attached hydrogens (tertiary/aromatic N) is 4. The zero-order chi connectivity index (χ0) is 24.7. The smallest absolute Gasteiger partial charge is 0.296 e. The molecule has 1 spiro atoms. The molecule has 0 atom stereocenters. The average molecular weight is 507 g/mol. The largest absolute Gasteiger partial charge is 0.323 e. The molecule has 0 aromatic heterocycles. The molecule has 0 unspecified atom stereocenters. The molecule has 2 saturated heterocycles. The third kappa shape index (κ3) is 4.26. The van der Waals surface area contributed by atoms with Crippen molar-refractivity contribution in [2.45, 2.75) is 29.5 Å². The van der Waals surface area contributed by atoms with E-state index in [9.17, 15) is 33.4 Å². The van der Waals surface area contributed by atoms with Gasteiger partial charge in [0.2, 0.25) is 10.0 Å². The summed E-state index contributed by atoms with van der Waals surface area (Å²) in [5.41, 5.74) is 0.160. The summed E-state index contributed by atoms with van der Waals surface area (Å²) in [6, 6.07) is 9.84. The topological polar surface area (TPSA) is 144 Å². The molecule has 13 heteroatoms. The van der Waals surface area contributed by atoms with Crippen LogP contribution in [0.2, 0.25) is 0 Å². The number of nitro groups is 2. The zero-order valence-electron chi connectivity index (χ0n) is 18.2. The van der Waals surface area contributed by atoms with Crippen molar-refractivity contribution in [3.63, 3.8) is 0 Å². The first-order chi connectivity index (χ1) is 16.0. The molecule has 0 aliphatic carbocycles. The number of amides is 1. The maximum Gasteiger partial charge on any atom is 0.296 e. The van der Waals surface area contributed by atoms with Gasteiger partial charge in [0.25, 0.3) is 17.3 Å². The highest BCUT2D eigenvalue weighted by molar-refractivity contribution is 8.00. The van der Waals surface area contributed by atoms with Gasteiger partial charge in [-0.15, -0.1) is 11.8 Å². The van der Waals surface area contributed by atoms with Gasteiger partial charge in [0.1, 0.15) is 0 Å². The minimum absolute atomic E-state index is 0.0705. The Morgan fingerprint density at radius 2 is 1.74 bits per heavy atom. The summed E-state index contributed by atoms with van der Waals surface area (Å²) < 4.78 is 27.6.